The fourth-order valence-corrected chi connectivity index (χ4v) is 3.28. The fraction of sp³-hybridized carbons (Fsp3) is 0.348. The number of nitrogens with zero attached hydrogens (tertiary/aromatic N) is 3. The van der Waals surface area contributed by atoms with E-state index in [0.717, 1.165) is 24.0 Å². The molecule has 0 radical (unpaired) electrons. The minimum absolute atomic E-state index is 0.0268. The molecule has 2 heterocycles. The number of ether oxygens (including phenoxy) is 2. The summed E-state index contributed by atoms with van der Waals surface area (Å²) >= 11 is 0. The predicted octanol–water partition coefficient (Wildman–Crippen LogP) is 4.26. The summed E-state index contributed by atoms with van der Waals surface area (Å²) in [4.78, 5) is 19.3. The second-order valence-corrected chi connectivity index (χ2v) is 7.34. The summed E-state index contributed by atoms with van der Waals surface area (Å²) in [7, 11) is 0. The van der Waals surface area contributed by atoms with E-state index < -0.39 is 0 Å². The second kappa shape index (κ2) is 8.98. The lowest BCUT2D eigenvalue weighted by Gasteiger charge is -2.22. The Kier molecular flexibility index (Phi) is 5.97. The Morgan fingerprint density at radius 1 is 1.07 bits per heavy atom. The molecule has 0 unspecified atom stereocenters. The first-order valence-electron chi connectivity index (χ1n) is 10.2. The van der Waals surface area contributed by atoms with E-state index in [1.165, 1.54) is 0 Å². The average molecular weight is 407 g/mol. The van der Waals surface area contributed by atoms with Crippen LogP contribution in [0.2, 0.25) is 0 Å². The maximum atomic E-state index is 13.0. The Hall–Kier alpha value is -3.35. The van der Waals surface area contributed by atoms with Crippen molar-refractivity contribution in [3.05, 3.63) is 59.5 Å². The molecule has 1 aromatic heterocycles. The highest BCUT2D eigenvalue weighted by Crippen LogP contribution is 2.35. The van der Waals surface area contributed by atoms with E-state index in [9.17, 15) is 4.79 Å². The van der Waals surface area contributed by atoms with Gasteiger partial charge in [0.05, 0.1) is 0 Å². The molecule has 0 saturated carbocycles. The van der Waals surface area contributed by atoms with Gasteiger partial charge in [0.1, 0.15) is 0 Å². The van der Waals surface area contributed by atoms with Crippen LogP contribution in [-0.2, 0) is 6.42 Å². The van der Waals surface area contributed by atoms with Crippen LogP contribution in [0.15, 0.2) is 47.0 Å². The number of carbonyl (C=O) groups excluding carboxylic acids is 1. The van der Waals surface area contributed by atoms with Crippen molar-refractivity contribution < 1.29 is 18.8 Å². The summed E-state index contributed by atoms with van der Waals surface area (Å²) in [5, 5.41) is 4.08. The van der Waals surface area contributed by atoms with Crippen LogP contribution in [-0.4, -0.2) is 40.8 Å². The molecular formula is C23H25N3O4. The number of fused-ring (bicyclic) bond motifs is 1. The molecule has 30 heavy (non-hydrogen) atoms. The molecule has 0 saturated heterocycles. The van der Waals surface area contributed by atoms with Crippen molar-refractivity contribution in [1.29, 1.82) is 0 Å². The molecule has 4 rings (SSSR count). The monoisotopic (exact) mass is 407 g/mol. The number of aryl methyl sites for hydroxylation is 1. The summed E-state index contributed by atoms with van der Waals surface area (Å²) < 4.78 is 16.2. The number of hydrogen-bond acceptors (Lipinski definition) is 6. The quantitative estimate of drug-likeness (QED) is 0.555. The van der Waals surface area contributed by atoms with Crippen LogP contribution in [0.4, 0.5) is 0 Å². The highest BCUT2D eigenvalue weighted by Gasteiger charge is 2.19. The smallest absolute Gasteiger partial charge is 0.253 e. The average Bonchev–Trinajstić information content (AvgIpc) is 3.43. The van der Waals surface area contributed by atoms with Crippen molar-refractivity contribution >= 4 is 5.91 Å². The Balaban J connectivity index is 1.43. The first-order chi connectivity index (χ1) is 14.6. The standard InChI is InChI=1S/C23H25N3O4/c1-3-4-12-26(23(27)17-7-5-16(2)6-8-17)13-11-21-24-22(25-30-21)18-9-10-19-20(14-18)29-15-28-19/h5-10,14H,3-4,11-13,15H2,1-2H3. The van der Waals surface area contributed by atoms with Crippen LogP contribution in [0.3, 0.4) is 0 Å². The number of aromatic nitrogens is 2. The van der Waals surface area contributed by atoms with Gasteiger partial charge in [-0.1, -0.05) is 36.2 Å². The molecule has 3 aromatic rings. The van der Waals surface area contributed by atoms with Crippen molar-refractivity contribution in [3.8, 4) is 22.9 Å². The summed E-state index contributed by atoms with van der Waals surface area (Å²) in [5.74, 6) is 2.41. The molecule has 0 spiro atoms. The molecule has 1 amide bonds. The van der Waals surface area contributed by atoms with E-state index in [1.54, 1.807) is 0 Å². The third-order valence-corrected chi connectivity index (χ3v) is 5.06. The number of benzene rings is 2. The number of carbonyl (C=O) groups is 1. The van der Waals surface area contributed by atoms with Gasteiger partial charge in [0.15, 0.2) is 11.5 Å². The van der Waals surface area contributed by atoms with Gasteiger partial charge in [-0.05, 0) is 43.7 Å². The van der Waals surface area contributed by atoms with E-state index in [2.05, 4.69) is 17.1 Å². The molecule has 0 fully saturated rings. The topological polar surface area (TPSA) is 77.7 Å². The van der Waals surface area contributed by atoms with Gasteiger partial charge >= 0.3 is 0 Å². The zero-order valence-electron chi connectivity index (χ0n) is 17.3. The zero-order valence-corrected chi connectivity index (χ0v) is 17.3. The molecule has 2 aromatic carbocycles. The molecular weight excluding hydrogens is 382 g/mol. The summed E-state index contributed by atoms with van der Waals surface area (Å²) in [6.07, 6.45) is 2.47. The van der Waals surface area contributed by atoms with Crippen LogP contribution in [0.25, 0.3) is 11.4 Å². The summed E-state index contributed by atoms with van der Waals surface area (Å²) in [6.45, 7) is 5.57. The zero-order chi connectivity index (χ0) is 20.9. The Bertz CT molecular complexity index is 1010. The Labute approximate surface area is 175 Å². The van der Waals surface area contributed by atoms with Crippen molar-refractivity contribution in [2.75, 3.05) is 19.9 Å². The van der Waals surface area contributed by atoms with E-state index in [1.807, 2.05) is 54.3 Å². The molecule has 0 bridgehead atoms. The molecule has 1 aliphatic rings. The fourth-order valence-electron chi connectivity index (χ4n) is 3.28. The van der Waals surface area contributed by atoms with Crippen molar-refractivity contribution in [3.63, 3.8) is 0 Å². The minimum Gasteiger partial charge on any atom is -0.454 e. The lowest BCUT2D eigenvalue weighted by Crippen LogP contribution is -2.34. The Morgan fingerprint density at radius 3 is 2.67 bits per heavy atom. The number of hydrogen-bond donors (Lipinski definition) is 0. The van der Waals surface area contributed by atoms with Gasteiger partial charge in [0, 0.05) is 30.6 Å². The molecule has 0 N–H and O–H groups in total. The van der Waals surface area contributed by atoms with Crippen LogP contribution < -0.4 is 9.47 Å². The molecule has 7 nitrogen and oxygen atoms in total. The van der Waals surface area contributed by atoms with Crippen LogP contribution in [0.5, 0.6) is 11.5 Å². The molecule has 156 valence electrons. The minimum atomic E-state index is 0.0268. The second-order valence-electron chi connectivity index (χ2n) is 7.34. The summed E-state index contributed by atoms with van der Waals surface area (Å²) in [5.41, 5.74) is 2.63. The highest BCUT2D eigenvalue weighted by atomic mass is 16.7. The normalized spacial score (nSPS) is 12.2. The van der Waals surface area contributed by atoms with Crippen molar-refractivity contribution in [2.45, 2.75) is 33.1 Å². The molecule has 0 aliphatic carbocycles. The van der Waals surface area contributed by atoms with Gasteiger partial charge in [0.2, 0.25) is 18.5 Å². The third kappa shape index (κ3) is 4.45. The maximum absolute atomic E-state index is 13.0. The number of unbranched alkanes of at least 4 members (excludes halogenated alkanes) is 1. The van der Waals surface area contributed by atoms with Gasteiger partial charge < -0.3 is 18.9 Å². The predicted molar refractivity (Wildman–Crippen MR) is 112 cm³/mol. The van der Waals surface area contributed by atoms with E-state index in [4.69, 9.17) is 14.0 Å². The number of amides is 1. The van der Waals surface area contributed by atoms with E-state index >= 15 is 0 Å². The van der Waals surface area contributed by atoms with Gasteiger partial charge in [-0.3, -0.25) is 4.79 Å². The lowest BCUT2D eigenvalue weighted by molar-refractivity contribution is 0.0752. The third-order valence-electron chi connectivity index (χ3n) is 5.06. The van der Waals surface area contributed by atoms with Gasteiger partial charge in [-0.15, -0.1) is 0 Å². The van der Waals surface area contributed by atoms with Crippen molar-refractivity contribution in [2.24, 2.45) is 0 Å². The SMILES string of the molecule is CCCCN(CCc1nc(-c2ccc3c(c2)OCO3)no1)C(=O)c1ccc(C)cc1. The highest BCUT2D eigenvalue weighted by molar-refractivity contribution is 5.94. The Morgan fingerprint density at radius 2 is 1.87 bits per heavy atom. The molecule has 0 atom stereocenters. The molecule has 1 aliphatic heterocycles. The lowest BCUT2D eigenvalue weighted by atomic mass is 10.1. The van der Waals surface area contributed by atoms with Gasteiger partial charge in [-0.25, -0.2) is 0 Å². The largest absolute Gasteiger partial charge is 0.454 e. The maximum Gasteiger partial charge on any atom is 0.253 e. The van der Waals surface area contributed by atoms with E-state index in [0.29, 0.717) is 48.3 Å². The first-order valence-corrected chi connectivity index (χ1v) is 10.2. The van der Waals surface area contributed by atoms with Crippen LogP contribution in [0, 0.1) is 6.92 Å². The molecule has 7 heteroatoms. The van der Waals surface area contributed by atoms with Crippen molar-refractivity contribution in [1.82, 2.24) is 15.0 Å². The summed E-state index contributed by atoms with van der Waals surface area (Å²) in [6, 6.07) is 13.2. The number of rotatable bonds is 8. The van der Waals surface area contributed by atoms with E-state index in [-0.39, 0.29) is 12.7 Å². The van der Waals surface area contributed by atoms with Crippen LogP contribution >= 0.6 is 0 Å². The van der Waals surface area contributed by atoms with Gasteiger partial charge in [0.25, 0.3) is 5.91 Å². The van der Waals surface area contributed by atoms with Gasteiger partial charge in [-0.2, -0.15) is 4.98 Å². The first kappa shape index (κ1) is 19.9. The van der Waals surface area contributed by atoms with Crippen LogP contribution in [0.1, 0.15) is 41.6 Å².